The topological polar surface area (TPSA) is 73.8 Å². The highest BCUT2D eigenvalue weighted by molar-refractivity contribution is 7.90. The molecule has 2 fully saturated rings. The second-order valence-electron chi connectivity index (χ2n) is 8.69. The van der Waals surface area contributed by atoms with Crippen molar-refractivity contribution in [3.05, 3.63) is 24.3 Å². The van der Waals surface area contributed by atoms with Crippen LogP contribution in [0.4, 0.5) is 11.4 Å². The fourth-order valence-corrected chi connectivity index (χ4v) is 5.78. The van der Waals surface area contributed by atoms with Gasteiger partial charge in [0.05, 0.1) is 22.2 Å². The third kappa shape index (κ3) is 3.22. The van der Waals surface area contributed by atoms with E-state index >= 15 is 0 Å². The van der Waals surface area contributed by atoms with E-state index < -0.39 is 15.6 Å². The van der Waals surface area contributed by atoms with Crippen LogP contribution in [0.5, 0.6) is 0 Å². The van der Waals surface area contributed by atoms with Crippen molar-refractivity contribution in [1.82, 2.24) is 4.31 Å². The predicted molar refractivity (Wildman–Crippen MR) is 106 cm³/mol. The number of hydrogen-bond acceptors (Lipinski definition) is 4. The molecule has 142 valence electrons. The molecule has 0 aromatic heterocycles. The van der Waals surface area contributed by atoms with Crippen LogP contribution in [0, 0.1) is 0 Å². The molecule has 1 saturated heterocycles. The van der Waals surface area contributed by atoms with Crippen molar-refractivity contribution in [3.63, 3.8) is 0 Å². The number of aliphatic imine (C=N–C) groups is 1. The largest absolute Gasteiger partial charge is 0.370 e. The molecule has 2 N–H and O–H groups in total. The van der Waals surface area contributed by atoms with Gasteiger partial charge in [-0.3, -0.25) is 4.99 Å². The van der Waals surface area contributed by atoms with E-state index in [4.69, 9.17) is 4.99 Å². The summed E-state index contributed by atoms with van der Waals surface area (Å²) in [5.41, 5.74) is 1.25. The molecule has 7 heteroatoms. The maximum Gasteiger partial charge on any atom is 0.217 e. The van der Waals surface area contributed by atoms with E-state index in [0.29, 0.717) is 13.1 Å². The van der Waals surface area contributed by atoms with Crippen molar-refractivity contribution in [1.29, 1.82) is 0 Å². The number of amidine groups is 1. The number of fused-ring (bicyclic) bond motifs is 1. The highest BCUT2D eigenvalue weighted by Gasteiger charge is 2.49. The first-order chi connectivity index (χ1) is 12.2. The normalized spacial score (nSPS) is 28.5. The standard InChI is InChI=1S/C19H28N4O2S/c1-18(2,3)22-17-19(21-16-8-5-4-7-15(16)20-17)11-6-12-23(13-19)26(24,25)14-9-10-14/h4-5,7-8,14,21H,6,9-13H2,1-3H3,(H,20,22)/t19-/m1/s1. The Bertz CT molecular complexity index is 839. The lowest BCUT2D eigenvalue weighted by molar-refractivity contribution is 0.292. The molecule has 1 spiro atoms. The molecule has 1 aliphatic carbocycles. The number of sulfonamides is 1. The van der Waals surface area contributed by atoms with E-state index in [-0.39, 0.29) is 10.8 Å². The lowest BCUT2D eigenvalue weighted by Gasteiger charge is -2.47. The molecule has 1 saturated carbocycles. The number of anilines is 2. The maximum atomic E-state index is 12.8. The molecule has 1 aromatic carbocycles. The second kappa shape index (κ2) is 5.96. The molecule has 6 nitrogen and oxygen atoms in total. The molecule has 26 heavy (non-hydrogen) atoms. The van der Waals surface area contributed by atoms with Crippen molar-refractivity contribution in [2.24, 2.45) is 4.99 Å². The number of rotatable bonds is 2. The Balaban J connectivity index is 1.74. The number of para-hydroxylation sites is 2. The van der Waals surface area contributed by atoms with Crippen LogP contribution in [0.15, 0.2) is 29.3 Å². The first kappa shape index (κ1) is 17.8. The fraction of sp³-hybridized carbons (Fsp3) is 0.632. The van der Waals surface area contributed by atoms with Crippen LogP contribution in [0.1, 0.15) is 46.5 Å². The number of piperidine rings is 1. The summed E-state index contributed by atoms with van der Waals surface area (Å²) in [5.74, 6) is 0.847. The van der Waals surface area contributed by atoms with Crippen LogP contribution in [0.3, 0.4) is 0 Å². The minimum atomic E-state index is -3.20. The zero-order valence-corrected chi connectivity index (χ0v) is 16.6. The van der Waals surface area contributed by atoms with Crippen molar-refractivity contribution >= 4 is 27.2 Å². The van der Waals surface area contributed by atoms with E-state index in [1.807, 2.05) is 24.3 Å². The molecule has 1 aromatic rings. The van der Waals surface area contributed by atoms with Crippen LogP contribution in [-0.4, -0.2) is 48.0 Å². The van der Waals surface area contributed by atoms with Crippen molar-refractivity contribution in [3.8, 4) is 0 Å². The van der Waals surface area contributed by atoms with Gasteiger partial charge >= 0.3 is 0 Å². The first-order valence-corrected chi connectivity index (χ1v) is 10.9. The molecule has 0 amide bonds. The summed E-state index contributed by atoms with van der Waals surface area (Å²) in [6.45, 7) is 7.24. The first-order valence-electron chi connectivity index (χ1n) is 9.43. The summed E-state index contributed by atoms with van der Waals surface area (Å²) in [5, 5.41) is 6.97. The number of hydrogen-bond donors (Lipinski definition) is 2. The van der Waals surface area contributed by atoms with E-state index in [1.165, 1.54) is 0 Å². The summed E-state index contributed by atoms with van der Waals surface area (Å²) in [6, 6.07) is 8.04. The Morgan fingerprint density at radius 1 is 1.19 bits per heavy atom. The molecule has 0 unspecified atom stereocenters. The van der Waals surface area contributed by atoms with Gasteiger partial charge in [-0.15, -0.1) is 0 Å². The number of nitrogens with zero attached hydrogens (tertiary/aromatic N) is 2. The van der Waals surface area contributed by atoms with Gasteiger partial charge in [-0.05, 0) is 58.6 Å². The second-order valence-corrected chi connectivity index (χ2v) is 10.9. The SMILES string of the molecule is CC(C)(C)N=C1Nc2ccccc2N[C@@]12CCCN(S(=O)(=O)C1CC1)C2. The van der Waals surface area contributed by atoms with Crippen molar-refractivity contribution in [2.75, 3.05) is 23.7 Å². The van der Waals surface area contributed by atoms with Gasteiger partial charge in [0.2, 0.25) is 10.0 Å². The molecule has 4 rings (SSSR count). The van der Waals surface area contributed by atoms with Gasteiger partial charge in [0.1, 0.15) is 11.4 Å². The van der Waals surface area contributed by atoms with Crippen LogP contribution < -0.4 is 10.6 Å². The average Bonchev–Trinajstić information content (AvgIpc) is 3.40. The van der Waals surface area contributed by atoms with Gasteiger partial charge in [-0.1, -0.05) is 12.1 Å². The lowest BCUT2D eigenvalue weighted by atomic mass is 9.85. The molecule has 2 heterocycles. The smallest absolute Gasteiger partial charge is 0.217 e. The van der Waals surface area contributed by atoms with Crippen LogP contribution in [-0.2, 0) is 10.0 Å². The van der Waals surface area contributed by atoms with Crippen LogP contribution in [0.25, 0.3) is 0 Å². The van der Waals surface area contributed by atoms with Crippen LogP contribution in [0.2, 0.25) is 0 Å². The Labute approximate surface area is 156 Å². The molecular formula is C19H28N4O2S. The van der Waals surface area contributed by atoms with Crippen LogP contribution >= 0.6 is 0 Å². The third-order valence-electron chi connectivity index (χ3n) is 5.22. The quantitative estimate of drug-likeness (QED) is 0.832. The lowest BCUT2D eigenvalue weighted by Crippen LogP contribution is -2.63. The Morgan fingerprint density at radius 3 is 2.54 bits per heavy atom. The zero-order valence-electron chi connectivity index (χ0n) is 15.7. The summed E-state index contributed by atoms with van der Waals surface area (Å²) in [6.07, 6.45) is 3.28. The highest BCUT2D eigenvalue weighted by Crippen LogP contribution is 2.39. The highest BCUT2D eigenvalue weighted by atomic mass is 32.2. The number of benzene rings is 1. The third-order valence-corrected chi connectivity index (χ3v) is 7.56. The molecule has 3 aliphatic rings. The van der Waals surface area contributed by atoms with Gasteiger partial charge in [0.15, 0.2) is 0 Å². The summed E-state index contributed by atoms with van der Waals surface area (Å²) in [7, 11) is -3.20. The molecular weight excluding hydrogens is 348 g/mol. The van der Waals surface area contributed by atoms with E-state index in [2.05, 4.69) is 31.4 Å². The Morgan fingerprint density at radius 2 is 1.88 bits per heavy atom. The minimum absolute atomic E-state index is 0.176. The van der Waals surface area contributed by atoms with Gasteiger partial charge in [-0.25, -0.2) is 8.42 Å². The Hall–Kier alpha value is -1.60. The molecule has 0 bridgehead atoms. The minimum Gasteiger partial charge on any atom is -0.370 e. The number of nitrogens with one attached hydrogen (secondary N) is 2. The molecule has 2 aliphatic heterocycles. The van der Waals surface area contributed by atoms with E-state index in [0.717, 1.165) is 42.9 Å². The van der Waals surface area contributed by atoms with Gasteiger partial charge in [0, 0.05) is 13.1 Å². The summed E-state index contributed by atoms with van der Waals surface area (Å²) >= 11 is 0. The van der Waals surface area contributed by atoms with Gasteiger partial charge in [0.25, 0.3) is 0 Å². The van der Waals surface area contributed by atoms with Crippen molar-refractivity contribution in [2.45, 2.75) is 62.8 Å². The van der Waals surface area contributed by atoms with Gasteiger partial charge in [-0.2, -0.15) is 4.31 Å². The van der Waals surface area contributed by atoms with Gasteiger partial charge < -0.3 is 10.6 Å². The summed E-state index contributed by atoms with van der Waals surface area (Å²) in [4.78, 5) is 4.94. The monoisotopic (exact) mass is 376 g/mol. The molecule has 0 radical (unpaired) electrons. The average molecular weight is 377 g/mol. The summed E-state index contributed by atoms with van der Waals surface area (Å²) < 4.78 is 27.4. The van der Waals surface area contributed by atoms with E-state index in [1.54, 1.807) is 4.31 Å². The molecule has 1 atom stereocenters. The fourth-order valence-electron chi connectivity index (χ4n) is 3.84. The van der Waals surface area contributed by atoms with Crippen molar-refractivity contribution < 1.29 is 8.42 Å². The predicted octanol–water partition coefficient (Wildman–Crippen LogP) is 3.05. The zero-order chi connectivity index (χ0) is 18.6. The Kier molecular flexibility index (Phi) is 4.08. The maximum absolute atomic E-state index is 12.8. The van der Waals surface area contributed by atoms with E-state index in [9.17, 15) is 8.42 Å².